The summed E-state index contributed by atoms with van der Waals surface area (Å²) in [5, 5.41) is 0. The summed E-state index contributed by atoms with van der Waals surface area (Å²) < 4.78 is 10.0. The van der Waals surface area contributed by atoms with Crippen molar-refractivity contribution in [2.75, 3.05) is 0 Å². The molecule has 0 N–H and O–H groups in total. The Morgan fingerprint density at radius 1 is 1.00 bits per heavy atom. The molecule has 0 aliphatic carbocycles. The molecule has 88 valence electrons. The number of ether oxygens (including phenoxy) is 2. The molecule has 0 atom stereocenters. The molecular formula is C11H20O4. The van der Waals surface area contributed by atoms with Crippen LogP contribution in [0.2, 0.25) is 0 Å². The second kappa shape index (κ2) is 5.14. The number of rotatable bonds is 4. The van der Waals surface area contributed by atoms with Gasteiger partial charge >= 0.3 is 11.9 Å². The van der Waals surface area contributed by atoms with E-state index in [4.69, 9.17) is 9.47 Å². The maximum atomic E-state index is 10.9. The fraction of sp³-hybridized carbons (Fsp3) is 0.818. The maximum Gasteiger partial charge on any atom is 0.305 e. The van der Waals surface area contributed by atoms with Crippen molar-refractivity contribution in [3.63, 3.8) is 0 Å². The monoisotopic (exact) mass is 216 g/mol. The predicted molar refractivity (Wildman–Crippen MR) is 55.9 cm³/mol. The van der Waals surface area contributed by atoms with Crippen LogP contribution in [0.1, 0.15) is 41.5 Å². The minimum atomic E-state index is -0.826. The molecule has 4 heteroatoms. The lowest BCUT2D eigenvalue weighted by Crippen LogP contribution is -2.40. The minimum absolute atomic E-state index is 0.223. The number of carbonyl (C=O) groups excluding carboxylic acids is 2. The second-order valence-corrected chi connectivity index (χ2v) is 4.53. The highest BCUT2D eigenvalue weighted by Gasteiger charge is 2.37. The maximum absolute atomic E-state index is 10.9. The Hall–Kier alpha value is -1.06. The van der Waals surface area contributed by atoms with Crippen molar-refractivity contribution in [3.8, 4) is 0 Å². The van der Waals surface area contributed by atoms with Gasteiger partial charge in [0, 0.05) is 19.3 Å². The molecule has 0 fully saturated rings. The van der Waals surface area contributed by atoms with E-state index in [0.29, 0.717) is 0 Å². The smallest absolute Gasteiger partial charge is 0.305 e. The number of esters is 2. The third-order valence-corrected chi connectivity index (χ3v) is 2.64. The number of hydrogen-bond acceptors (Lipinski definition) is 4. The summed E-state index contributed by atoms with van der Waals surface area (Å²) in [4.78, 5) is 21.8. The topological polar surface area (TPSA) is 52.6 Å². The molecule has 0 radical (unpaired) electrons. The van der Waals surface area contributed by atoms with Gasteiger partial charge in [0.2, 0.25) is 0 Å². The van der Waals surface area contributed by atoms with Gasteiger partial charge in [-0.2, -0.15) is 0 Å². The molecule has 0 aromatic heterocycles. The molecule has 0 amide bonds. The van der Waals surface area contributed by atoms with Crippen LogP contribution in [0, 0.1) is 11.3 Å². The summed E-state index contributed by atoms with van der Waals surface area (Å²) in [5.74, 6) is -0.675. The Labute approximate surface area is 90.9 Å². The molecule has 0 bridgehead atoms. The van der Waals surface area contributed by atoms with E-state index in [1.807, 2.05) is 27.7 Å². The lowest BCUT2D eigenvalue weighted by Gasteiger charge is -2.35. The molecule has 0 heterocycles. The van der Waals surface area contributed by atoms with E-state index in [0.717, 1.165) is 0 Å². The zero-order chi connectivity index (χ0) is 12.2. The molecule has 0 aliphatic rings. The molecule has 0 unspecified atom stereocenters. The fourth-order valence-electron chi connectivity index (χ4n) is 0.901. The summed E-state index contributed by atoms with van der Waals surface area (Å²) in [6, 6.07) is 0. The SMILES string of the molecule is CC(=O)OC(OC(C)=O)C(C)(C)C(C)C. The van der Waals surface area contributed by atoms with Gasteiger partial charge in [0.1, 0.15) is 0 Å². The normalized spacial score (nSPS) is 11.7. The van der Waals surface area contributed by atoms with Crippen molar-refractivity contribution in [1.82, 2.24) is 0 Å². The quantitative estimate of drug-likeness (QED) is 0.533. The highest BCUT2D eigenvalue weighted by molar-refractivity contribution is 5.68. The zero-order valence-electron chi connectivity index (χ0n) is 10.3. The molecule has 0 saturated carbocycles. The summed E-state index contributed by atoms with van der Waals surface area (Å²) in [6.07, 6.45) is -0.826. The van der Waals surface area contributed by atoms with Crippen molar-refractivity contribution < 1.29 is 19.1 Å². The Balaban J connectivity index is 4.75. The number of hydrogen-bond donors (Lipinski definition) is 0. The Bertz CT molecular complexity index is 227. The van der Waals surface area contributed by atoms with Crippen LogP contribution in [0.25, 0.3) is 0 Å². The predicted octanol–water partition coefficient (Wildman–Crippen LogP) is 2.12. The first-order chi connectivity index (χ1) is 6.67. The van der Waals surface area contributed by atoms with Crippen LogP contribution in [0.4, 0.5) is 0 Å². The van der Waals surface area contributed by atoms with Crippen LogP contribution in [-0.2, 0) is 19.1 Å². The van der Waals surface area contributed by atoms with Crippen molar-refractivity contribution in [2.45, 2.75) is 47.8 Å². The second-order valence-electron chi connectivity index (χ2n) is 4.53. The van der Waals surface area contributed by atoms with Crippen LogP contribution in [0.3, 0.4) is 0 Å². The van der Waals surface area contributed by atoms with Gasteiger partial charge in [0.05, 0.1) is 0 Å². The molecule has 0 aliphatic heterocycles. The first kappa shape index (κ1) is 13.9. The van der Waals surface area contributed by atoms with Crippen LogP contribution < -0.4 is 0 Å². The minimum Gasteiger partial charge on any atom is -0.425 e. The van der Waals surface area contributed by atoms with Crippen LogP contribution in [0.5, 0.6) is 0 Å². The fourth-order valence-corrected chi connectivity index (χ4v) is 0.901. The van der Waals surface area contributed by atoms with Gasteiger partial charge in [0.25, 0.3) is 6.29 Å². The molecule has 0 spiro atoms. The van der Waals surface area contributed by atoms with E-state index in [2.05, 4.69) is 0 Å². The lowest BCUT2D eigenvalue weighted by atomic mass is 9.80. The van der Waals surface area contributed by atoms with Gasteiger partial charge in [-0.05, 0) is 5.92 Å². The van der Waals surface area contributed by atoms with Gasteiger partial charge < -0.3 is 9.47 Å². The average molecular weight is 216 g/mol. The molecule has 0 rings (SSSR count). The van der Waals surface area contributed by atoms with Gasteiger partial charge in [-0.1, -0.05) is 27.7 Å². The van der Waals surface area contributed by atoms with Crippen LogP contribution >= 0.6 is 0 Å². The van der Waals surface area contributed by atoms with Crippen molar-refractivity contribution in [1.29, 1.82) is 0 Å². The summed E-state index contributed by atoms with van der Waals surface area (Å²) in [6.45, 7) is 10.4. The van der Waals surface area contributed by atoms with Crippen molar-refractivity contribution in [2.24, 2.45) is 11.3 Å². The van der Waals surface area contributed by atoms with Gasteiger partial charge in [-0.3, -0.25) is 9.59 Å². The number of carbonyl (C=O) groups is 2. The third-order valence-electron chi connectivity index (χ3n) is 2.64. The third kappa shape index (κ3) is 4.32. The van der Waals surface area contributed by atoms with E-state index in [9.17, 15) is 9.59 Å². The highest BCUT2D eigenvalue weighted by atomic mass is 16.7. The zero-order valence-corrected chi connectivity index (χ0v) is 10.3. The molecule has 0 saturated heterocycles. The molecule has 0 aromatic rings. The largest absolute Gasteiger partial charge is 0.425 e. The van der Waals surface area contributed by atoms with Gasteiger partial charge in [0.15, 0.2) is 0 Å². The Morgan fingerprint density at radius 3 is 1.53 bits per heavy atom. The van der Waals surface area contributed by atoms with Crippen LogP contribution in [-0.4, -0.2) is 18.2 Å². The molecular weight excluding hydrogens is 196 g/mol. The first-order valence-corrected chi connectivity index (χ1v) is 5.02. The van der Waals surface area contributed by atoms with E-state index >= 15 is 0 Å². The summed E-state index contributed by atoms with van der Waals surface area (Å²) >= 11 is 0. The average Bonchev–Trinajstić information content (AvgIpc) is 2.00. The van der Waals surface area contributed by atoms with Crippen molar-refractivity contribution in [3.05, 3.63) is 0 Å². The van der Waals surface area contributed by atoms with Gasteiger partial charge in [-0.25, -0.2) is 0 Å². The Morgan fingerprint density at radius 2 is 1.33 bits per heavy atom. The van der Waals surface area contributed by atoms with E-state index in [1.54, 1.807) is 0 Å². The summed E-state index contributed by atoms with van der Waals surface area (Å²) in [7, 11) is 0. The highest BCUT2D eigenvalue weighted by Crippen LogP contribution is 2.33. The van der Waals surface area contributed by atoms with Crippen molar-refractivity contribution >= 4 is 11.9 Å². The first-order valence-electron chi connectivity index (χ1n) is 5.02. The molecule has 0 aromatic carbocycles. The van der Waals surface area contributed by atoms with Gasteiger partial charge in [-0.15, -0.1) is 0 Å². The molecule has 15 heavy (non-hydrogen) atoms. The molecule has 4 nitrogen and oxygen atoms in total. The lowest BCUT2D eigenvalue weighted by molar-refractivity contribution is -0.211. The van der Waals surface area contributed by atoms with E-state index in [1.165, 1.54) is 13.8 Å². The summed E-state index contributed by atoms with van der Waals surface area (Å²) in [5.41, 5.74) is -0.405. The van der Waals surface area contributed by atoms with E-state index in [-0.39, 0.29) is 5.92 Å². The van der Waals surface area contributed by atoms with Crippen LogP contribution in [0.15, 0.2) is 0 Å². The standard InChI is InChI=1S/C11H20O4/c1-7(2)11(5,6)10(14-8(3)12)15-9(4)13/h7,10H,1-6H3. The Kier molecular flexibility index (Phi) is 4.78. The van der Waals surface area contributed by atoms with E-state index < -0.39 is 23.6 Å².